The highest BCUT2D eigenvalue weighted by molar-refractivity contribution is 4.85. The molecular formula is C14H29NO2. The van der Waals surface area contributed by atoms with Crippen molar-refractivity contribution in [2.45, 2.75) is 52.7 Å². The molecule has 0 aromatic rings. The van der Waals surface area contributed by atoms with Crippen LogP contribution in [-0.4, -0.2) is 37.0 Å². The van der Waals surface area contributed by atoms with Crippen LogP contribution in [-0.2, 0) is 4.74 Å². The maximum absolute atomic E-state index is 9.79. The normalized spacial score (nSPS) is 31.1. The van der Waals surface area contributed by atoms with Gasteiger partial charge in [-0.25, -0.2) is 0 Å². The predicted octanol–water partition coefficient (Wildman–Crippen LogP) is 2.04. The second kappa shape index (κ2) is 7.34. The lowest BCUT2D eigenvalue weighted by atomic mass is 9.98. The Hall–Kier alpha value is -0.120. The Labute approximate surface area is 106 Å². The fourth-order valence-corrected chi connectivity index (χ4v) is 2.44. The average Bonchev–Trinajstić information content (AvgIpc) is 2.57. The third-order valence-electron chi connectivity index (χ3n) is 3.84. The van der Waals surface area contributed by atoms with Gasteiger partial charge >= 0.3 is 0 Å². The van der Waals surface area contributed by atoms with E-state index in [2.05, 4.69) is 33.0 Å². The van der Waals surface area contributed by atoms with Gasteiger partial charge in [0.2, 0.25) is 0 Å². The number of aliphatic hydroxyl groups excluding tert-OH is 1. The smallest absolute Gasteiger partial charge is 0.0897 e. The first-order chi connectivity index (χ1) is 8.00. The first kappa shape index (κ1) is 14.9. The van der Waals surface area contributed by atoms with Crippen LogP contribution in [0.2, 0.25) is 0 Å². The average molecular weight is 243 g/mol. The molecule has 1 aliphatic carbocycles. The molecule has 1 saturated carbocycles. The summed E-state index contributed by atoms with van der Waals surface area (Å²) in [5.41, 5.74) is 0. The van der Waals surface area contributed by atoms with E-state index in [0.29, 0.717) is 25.1 Å². The van der Waals surface area contributed by atoms with Gasteiger partial charge in [0, 0.05) is 19.2 Å². The highest BCUT2D eigenvalue weighted by Gasteiger charge is 2.29. The maximum atomic E-state index is 9.79. The van der Waals surface area contributed by atoms with Gasteiger partial charge < -0.3 is 15.2 Å². The molecular weight excluding hydrogens is 214 g/mol. The minimum Gasteiger partial charge on any atom is -0.389 e. The van der Waals surface area contributed by atoms with Crippen molar-refractivity contribution in [3.8, 4) is 0 Å². The van der Waals surface area contributed by atoms with E-state index in [9.17, 15) is 5.11 Å². The topological polar surface area (TPSA) is 41.5 Å². The van der Waals surface area contributed by atoms with Crippen molar-refractivity contribution in [1.29, 1.82) is 0 Å². The predicted molar refractivity (Wildman–Crippen MR) is 71.0 cm³/mol. The molecule has 2 N–H and O–H groups in total. The van der Waals surface area contributed by atoms with Gasteiger partial charge in [-0.05, 0) is 30.6 Å². The molecule has 0 saturated heterocycles. The molecule has 0 amide bonds. The summed E-state index contributed by atoms with van der Waals surface area (Å²) in [4.78, 5) is 0. The van der Waals surface area contributed by atoms with E-state index in [-0.39, 0.29) is 6.10 Å². The largest absolute Gasteiger partial charge is 0.389 e. The summed E-state index contributed by atoms with van der Waals surface area (Å²) < 4.78 is 5.43. The molecule has 1 aliphatic rings. The zero-order valence-corrected chi connectivity index (χ0v) is 11.8. The van der Waals surface area contributed by atoms with Gasteiger partial charge in [0.15, 0.2) is 0 Å². The molecule has 3 nitrogen and oxygen atoms in total. The second-order valence-electron chi connectivity index (χ2n) is 6.01. The number of rotatable bonds is 7. The summed E-state index contributed by atoms with van der Waals surface area (Å²) in [6.45, 7) is 10.7. The molecule has 1 fully saturated rings. The van der Waals surface area contributed by atoms with Crippen molar-refractivity contribution in [3.63, 3.8) is 0 Å². The lowest BCUT2D eigenvalue weighted by Crippen LogP contribution is -2.39. The van der Waals surface area contributed by atoms with Crippen LogP contribution in [0.1, 0.15) is 40.5 Å². The molecule has 0 aliphatic heterocycles. The zero-order chi connectivity index (χ0) is 12.8. The molecule has 0 aromatic heterocycles. The number of hydrogen-bond acceptors (Lipinski definition) is 3. The number of aliphatic hydroxyl groups is 1. The molecule has 17 heavy (non-hydrogen) atoms. The number of hydrogen-bond donors (Lipinski definition) is 2. The quantitative estimate of drug-likeness (QED) is 0.719. The highest BCUT2D eigenvalue weighted by Crippen LogP contribution is 2.30. The fraction of sp³-hybridized carbons (Fsp3) is 1.00. The van der Waals surface area contributed by atoms with Gasteiger partial charge in [-0.3, -0.25) is 0 Å². The molecule has 1 rings (SSSR count). The monoisotopic (exact) mass is 243 g/mol. The molecule has 0 bridgehead atoms. The summed E-state index contributed by atoms with van der Waals surface area (Å²) in [6.07, 6.45) is 2.16. The van der Waals surface area contributed by atoms with Gasteiger partial charge in [0.1, 0.15) is 0 Å². The van der Waals surface area contributed by atoms with Crippen LogP contribution >= 0.6 is 0 Å². The molecule has 0 heterocycles. The van der Waals surface area contributed by atoms with E-state index in [1.807, 2.05) is 0 Å². The van der Waals surface area contributed by atoms with Gasteiger partial charge in [-0.15, -0.1) is 0 Å². The summed E-state index contributed by atoms with van der Waals surface area (Å²) in [5, 5.41) is 13.3. The van der Waals surface area contributed by atoms with Crippen molar-refractivity contribution in [1.82, 2.24) is 5.32 Å². The minimum atomic E-state index is -0.378. The number of nitrogens with one attached hydrogen (secondary N) is 1. The Morgan fingerprint density at radius 2 is 1.94 bits per heavy atom. The van der Waals surface area contributed by atoms with Crippen LogP contribution in [0.5, 0.6) is 0 Å². The highest BCUT2D eigenvalue weighted by atomic mass is 16.5. The first-order valence-electron chi connectivity index (χ1n) is 7.00. The second-order valence-corrected chi connectivity index (χ2v) is 6.01. The Bertz CT molecular complexity index is 208. The molecule has 0 spiro atoms. The first-order valence-corrected chi connectivity index (χ1v) is 7.00. The van der Waals surface area contributed by atoms with E-state index >= 15 is 0 Å². The maximum Gasteiger partial charge on any atom is 0.0897 e. The Morgan fingerprint density at radius 1 is 1.24 bits per heavy atom. The van der Waals surface area contributed by atoms with Crippen LogP contribution in [0.4, 0.5) is 0 Å². The zero-order valence-electron chi connectivity index (χ0n) is 11.8. The molecule has 102 valence electrons. The molecule has 0 radical (unpaired) electrons. The molecule has 4 atom stereocenters. The Kier molecular flexibility index (Phi) is 6.45. The Morgan fingerprint density at radius 3 is 2.47 bits per heavy atom. The van der Waals surface area contributed by atoms with E-state index in [4.69, 9.17) is 4.74 Å². The van der Waals surface area contributed by atoms with Gasteiger partial charge in [-0.2, -0.15) is 0 Å². The lowest BCUT2D eigenvalue weighted by Gasteiger charge is -2.21. The standard InChI is InChI=1S/C14H29NO2/c1-10(2)8-17-9-13(16)7-15-14-6-5-11(3)12(14)4/h10-16H,5-9H2,1-4H3. The fourth-order valence-electron chi connectivity index (χ4n) is 2.44. The van der Waals surface area contributed by atoms with Crippen molar-refractivity contribution in [2.24, 2.45) is 17.8 Å². The van der Waals surface area contributed by atoms with Crippen LogP contribution in [0.3, 0.4) is 0 Å². The SMILES string of the molecule is CC(C)COCC(O)CNC1CCC(C)C1C. The van der Waals surface area contributed by atoms with Crippen molar-refractivity contribution in [2.75, 3.05) is 19.8 Å². The minimum absolute atomic E-state index is 0.378. The van der Waals surface area contributed by atoms with Crippen LogP contribution in [0.25, 0.3) is 0 Å². The van der Waals surface area contributed by atoms with Crippen LogP contribution < -0.4 is 5.32 Å². The summed E-state index contributed by atoms with van der Waals surface area (Å²) in [7, 11) is 0. The summed E-state index contributed by atoms with van der Waals surface area (Å²) in [5.74, 6) is 2.06. The van der Waals surface area contributed by atoms with Gasteiger partial charge in [-0.1, -0.05) is 27.7 Å². The van der Waals surface area contributed by atoms with E-state index in [0.717, 1.165) is 18.4 Å². The number of ether oxygens (including phenoxy) is 1. The van der Waals surface area contributed by atoms with Crippen molar-refractivity contribution < 1.29 is 9.84 Å². The van der Waals surface area contributed by atoms with Crippen LogP contribution in [0, 0.1) is 17.8 Å². The van der Waals surface area contributed by atoms with Gasteiger partial charge in [0.05, 0.1) is 12.7 Å². The summed E-state index contributed by atoms with van der Waals surface area (Å²) in [6, 6.07) is 0.574. The third-order valence-corrected chi connectivity index (χ3v) is 3.84. The van der Waals surface area contributed by atoms with E-state index < -0.39 is 0 Å². The van der Waals surface area contributed by atoms with Crippen molar-refractivity contribution >= 4 is 0 Å². The summed E-state index contributed by atoms with van der Waals surface area (Å²) >= 11 is 0. The molecule has 3 heteroatoms. The molecule has 0 aromatic carbocycles. The van der Waals surface area contributed by atoms with Crippen molar-refractivity contribution in [3.05, 3.63) is 0 Å². The van der Waals surface area contributed by atoms with Gasteiger partial charge in [0.25, 0.3) is 0 Å². The Balaban J connectivity index is 2.09. The van der Waals surface area contributed by atoms with E-state index in [1.165, 1.54) is 12.8 Å². The molecule has 4 unspecified atom stereocenters. The van der Waals surface area contributed by atoms with Crippen LogP contribution in [0.15, 0.2) is 0 Å². The third kappa shape index (κ3) is 5.36. The lowest BCUT2D eigenvalue weighted by molar-refractivity contribution is 0.0244. The van der Waals surface area contributed by atoms with E-state index in [1.54, 1.807) is 0 Å².